The number of methoxy groups -OCH3 is 1. The van der Waals surface area contributed by atoms with E-state index in [0.717, 1.165) is 12.1 Å². The van der Waals surface area contributed by atoms with E-state index in [1.54, 1.807) is 12.1 Å². The summed E-state index contributed by atoms with van der Waals surface area (Å²) in [6, 6.07) is 7.71. The zero-order chi connectivity index (χ0) is 13.1. The fourth-order valence-corrected chi connectivity index (χ4v) is 1.73. The molecule has 94 valence electrons. The van der Waals surface area contributed by atoms with Crippen LogP contribution in [0.4, 0.5) is 4.39 Å². The van der Waals surface area contributed by atoms with Crippen molar-refractivity contribution in [3.63, 3.8) is 0 Å². The Morgan fingerprint density at radius 2 is 2.11 bits per heavy atom. The molecule has 4 heteroatoms. The first-order valence-corrected chi connectivity index (χ1v) is 5.71. The van der Waals surface area contributed by atoms with Crippen molar-refractivity contribution >= 4 is 5.78 Å². The zero-order valence-corrected chi connectivity index (χ0v) is 10.3. The number of aromatic amines is 1. The molecule has 0 saturated carbocycles. The summed E-state index contributed by atoms with van der Waals surface area (Å²) in [5, 5.41) is 0. The molecule has 1 aromatic carbocycles. The van der Waals surface area contributed by atoms with E-state index in [4.69, 9.17) is 4.74 Å². The first-order chi connectivity index (χ1) is 8.65. The number of H-pyrrole nitrogens is 1. The van der Waals surface area contributed by atoms with Crippen molar-refractivity contribution in [1.29, 1.82) is 0 Å². The standard InChI is InChI=1S/C14H14FNO2/c1-3-9-4-7-13(16-9)14(17)11-6-5-10(18-2)8-12(11)15/h4-8,16H,3H2,1-2H3. The Balaban J connectivity index is 2.33. The van der Waals surface area contributed by atoms with Gasteiger partial charge in [-0.1, -0.05) is 6.92 Å². The summed E-state index contributed by atoms with van der Waals surface area (Å²) in [5.74, 6) is -0.536. The molecule has 0 aliphatic carbocycles. The van der Waals surface area contributed by atoms with Gasteiger partial charge in [-0.25, -0.2) is 4.39 Å². The van der Waals surface area contributed by atoms with Crippen LogP contribution in [0.2, 0.25) is 0 Å². The predicted molar refractivity (Wildman–Crippen MR) is 66.6 cm³/mol. The number of ketones is 1. The fraction of sp³-hybridized carbons (Fsp3) is 0.214. The van der Waals surface area contributed by atoms with Gasteiger partial charge < -0.3 is 9.72 Å². The number of ether oxygens (including phenoxy) is 1. The molecular weight excluding hydrogens is 233 g/mol. The second kappa shape index (κ2) is 5.04. The third-order valence-electron chi connectivity index (χ3n) is 2.79. The lowest BCUT2D eigenvalue weighted by Crippen LogP contribution is -2.05. The smallest absolute Gasteiger partial charge is 0.212 e. The molecule has 0 bridgehead atoms. The van der Waals surface area contributed by atoms with Crippen molar-refractivity contribution < 1.29 is 13.9 Å². The number of carbonyl (C=O) groups excluding carboxylic acids is 1. The Labute approximate surface area is 105 Å². The number of benzene rings is 1. The van der Waals surface area contributed by atoms with Crippen LogP contribution in [-0.2, 0) is 6.42 Å². The molecule has 2 rings (SSSR count). The van der Waals surface area contributed by atoms with Crippen molar-refractivity contribution in [3.05, 3.63) is 53.1 Å². The van der Waals surface area contributed by atoms with Gasteiger partial charge in [0.1, 0.15) is 11.6 Å². The van der Waals surface area contributed by atoms with E-state index in [1.165, 1.54) is 19.2 Å². The monoisotopic (exact) mass is 247 g/mol. The average Bonchev–Trinajstić information content (AvgIpc) is 2.86. The quantitative estimate of drug-likeness (QED) is 0.844. The van der Waals surface area contributed by atoms with Crippen molar-refractivity contribution in [1.82, 2.24) is 4.98 Å². The van der Waals surface area contributed by atoms with Crippen LogP contribution in [0.25, 0.3) is 0 Å². The van der Waals surface area contributed by atoms with Crippen LogP contribution < -0.4 is 4.74 Å². The molecule has 18 heavy (non-hydrogen) atoms. The lowest BCUT2D eigenvalue weighted by Gasteiger charge is -2.04. The van der Waals surface area contributed by atoms with E-state index in [2.05, 4.69) is 4.98 Å². The lowest BCUT2D eigenvalue weighted by atomic mass is 10.1. The van der Waals surface area contributed by atoms with E-state index in [1.807, 2.05) is 13.0 Å². The minimum atomic E-state index is -0.577. The van der Waals surface area contributed by atoms with E-state index in [-0.39, 0.29) is 11.3 Å². The Hall–Kier alpha value is -2.10. The molecule has 0 fully saturated rings. The fourth-order valence-electron chi connectivity index (χ4n) is 1.73. The number of carbonyl (C=O) groups is 1. The maximum absolute atomic E-state index is 13.7. The van der Waals surface area contributed by atoms with Crippen LogP contribution in [-0.4, -0.2) is 17.9 Å². The average molecular weight is 247 g/mol. The molecule has 2 aromatic rings. The zero-order valence-electron chi connectivity index (χ0n) is 10.3. The summed E-state index contributed by atoms with van der Waals surface area (Å²) in [4.78, 5) is 15.1. The van der Waals surface area contributed by atoms with E-state index < -0.39 is 5.82 Å². The van der Waals surface area contributed by atoms with Gasteiger partial charge >= 0.3 is 0 Å². The van der Waals surface area contributed by atoms with Gasteiger partial charge in [-0.15, -0.1) is 0 Å². The van der Waals surface area contributed by atoms with Gasteiger partial charge in [0.25, 0.3) is 0 Å². The molecule has 0 amide bonds. The summed E-state index contributed by atoms with van der Waals surface area (Å²) in [6.45, 7) is 1.98. The molecule has 0 atom stereocenters. The summed E-state index contributed by atoms with van der Waals surface area (Å²) in [7, 11) is 1.45. The molecule has 0 radical (unpaired) electrons. The third kappa shape index (κ3) is 2.27. The Morgan fingerprint density at radius 3 is 2.67 bits per heavy atom. The number of nitrogens with one attached hydrogen (secondary N) is 1. The van der Waals surface area contributed by atoms with Crippen molar-refractivity contribution in [2.24, 2.45) is 0 Å². The summed E-state index contributed by atoms with van der Waals surface area (Å²) >= 11 is 0. The van der Waals surface area contributed by atoms with Gasteiger partial charge in [0.2, 0.25) is 5.78 Å². The molecule has 0 saturated heterocycles. The van der Waals surface area contributed by atoms with Crippen molar-refractivity contribution in [2.45, 2.75) is 13.3 Å². The topological polar surface area (TPSA) is 42.1 Å². The molecule has 0 spiro atoms. The Kier molecular flexibility index (Phi) is 3.46. The normalized spacial score (nSPS) is 10.4. The Bertz CT molecular complexity index is 575. The molecule has 0 aliphatic rings. The molecule has 1 N–H and O–H groups in total. The lowest BCUT2D eigenvalue weighted by molar-refractivity contribution is 0.103. The second-order valence-electron chi connectivity index (χ2n) is 3.93. The molecule has 0 unspecified atom stereocenters. The largest absolute Gasteiger partial charge is 0.497 e. The SMILES string of the molecule is CCc1ccc(C(=O)c2ccc(OC)cc2F)[nH]1. The number of halogens is 1. The van der Waals surface area contributed by atoms with Gasteiger partial charge in [0, 0.05) is 11.8 Å². The highest BCUT2D eigenvalue weighted by molar-refractivity contribution is 6.08. The van der Waals surface area contributed by atoms with Gasteiger partial charge in [0.15, 0.2) is 0 Å². The highest BCUT2D eigenvalue weighted by Crippen LogP contribution is 2.19. The minimum Gasteiger partial charge on any atom is -0.497 e. The molecule has 0 aliphatic heterocycles. The second-order valence-corrected chi connectivity index (χ2v) is 3.93. The number of aromatic nitrogens is 1. The van der Waals surface area contributed by atoms with Gasteiger partial charge in [-0.05, 0) is 30.7 Å². The summed E-state index contributed by atoms with van der Waals surface area (Å²) < 4.78 is 18.6. The first kappa shape index (κ1) is 12.4. The number of aryl methyl sites for hydroxylation is 1. The van der Waals surface area contributed by atoms with Crippen molar-refractivity contribution in [2.75, 3.05) is 7.11 Å². The van der Waals surface area contributed by atoms with E-state index in [0.29, 0.717) is 11.4 Å². The van der Waals surface area contributed by atoms with Crippen LogP contribution in [0.15, 0.2) is 30.3 Å². The highest BCUT2D eigenvalue weighted by Gasteiger charge is 2.16. The van der Waals surface area contributed by atoms with E-state index in [9.17, 15) is 9.18 Å². The predicted octanol–water partition coefficient (Wildman–Crippen LogP) is 2.96. The van der Waals surface area contributed by atoms with Gasteiger partial charge in [-0.2, -0.15) is 0 Å². The molecular formula is C14H14FNO2. The van der Waals surface area contributed by atoms with E-state index >= 15 is 0 Å². The maximum atomic E-state index is 13.7. The Morgan fingerprint density at radius 1 is 1.33 bits per heavy atom. The molecule has 1 heterocycles. The van der Waals surface area contributed by atoms with Crippen LogP contribution >= 0.6 is 0 Å². The number of hydrogen-bond donors (Lipinski definition) is 1. The van der Waals surface area contributed by atoms with Crippen LogP contribution in [0.1, 0.15) is 28.7 Å². The van der Waals surface area contributed by atoms with Gasteiger partial charge in [0.05, 0.1) is 18.4 Å². The summed E-state index contributed by atoms with van der Waals surface area (Å²) in [6.07, 6.45) is 0.804. The van der Waals surface area contributed by atoms with Crippen LogP contribution in [0, 0.1) is 5.82 Å². The van der Waals surface area contributed by atoms with Gasteiger partial charge in [-0.3, -0.25) is 4.79 Å². The molecule has 1 aromatic heterocycles. The van der Waals surface area contributed by atoms with Crippen LogP contribution in [0.5, 0.6) is 5.75 Å². The molecule has 3 nitrogen and oxygen atoms in total. The van der Waals surface area contributed by atoms with Crippen LogP contribution in [0.3, 0.4) is 0 Å². The third-order valence-corrected chi connectivity index (χ3v) is 2.79. The number of hydrogen-bond acceptors (Lipinski definition) is 2. The maximum Gasteiger partial charge on any atom is 0.212 e. The number of rotatable bonds is 4. The van der Waals surface area contributed by atoms with Crippen molar-refractivity contribution in [3.8, 4) is 5.75 Å². The highest BCUT2D eigenvalue weighted by atomic mass is 19.1. The summed E-state index contributed by atoms with van der Waals surface area (Å²) in [5.41, 5.74) is 1.39. The minimum absolute atomic E-state index is 0.0419. The first-order valence-electron chi connectivity index (χ1n) is 5.71.